The van der Waals surface area contributed by atoms with E-state index in [9.17, 15) is 35.9 Å². The molecule has 3 aromatic rings. The molecule has 2 aromatic carbocycles. The van der Waals surface area contributed by atoms with Crippen LogP contribution in [0.4, 0.5) is 33.9 Å². The second kappa shape index (κ2) is 13.8. The van der Waals surface area contributed by atoms with Gasteiger partial charge in [0.05, 0.1) is 16.1 Å². The molecule has 1 fully saturated rings. The first-order chi connectivity index (χ1) is 21.4. The Balaban J connectivity index is 1.56. The molecule has 46 heavy (non-hydrogen) atoms. The highest BCUT2D eigenvalue weighted by Crippen LogP contribution is 2.40. The number of alkyl halides is 3. The quantitative estimate of drug-likeness (QED) is 0.198. The SMILES string of the molecule is Cc1cc(F)ccc1Oc1cc(C(F)(F)F)c(Cl)cc1C(=O)Nc1ccnc(N(C[C@H]2CCN(C(=O)OC(C)(C)C)C2)S(=O)[O-])c1. The Hall–Kier alpha value is -3.95. The molecule has 1 N–H and O–H groups in total. The van der Waals surface area contributed by atoms with Crippen molar-refractivity contribution >= 4 is 46.4 Å². The maximum atomic E-state index is 13.7. The first-order valence-corrected chi connectivity index (χ1v) is 15.3. The number of anilines is 2. The summed E-state index contributed by atoms with van der Waals surface area (Å²) in [6, 6.07) is 7.36. The molecule has 0 bridgehead atoms. The monoisotopic (exact) mass is 685 g/mol. The van der Waals surface area contributed by atoms with E-state index in [-0.39, 0.29) is 47.4 Å². The summed E-state index contributed by atoms with van der Waals surface area (Å²) in [7, 11) is 0. The van der Waals surface area contributed by atoms with Crippen LogP contribution in [0.15, 0.2) is 48.7 Å². The fraction of sp³-hybridized carbons (Fsp3) is 0.367. The van der Waals surface area contributed by atoms with Gasteiger partial charge in [0.25, 0.3) is 5.91 Å². The number of carbonyl (C=O) groups is 2. The maximum absolute atomic E-state index is 13.7. The molecule has 4 rings (SSSR count). The average Bonchev–Trinajstić information content (AvgIpc) is 3.41. The summed E-state index contributed by atoms with van der Waals surface area (Å²) in [6.45, 7) is 7.30. The van der Waals surface area contributed by atoms with Gasteiger partial charge in [-0.25, -0.2) is 14.2 Å². The van der Waals surface area contributed by atoms with Crippen molar-refractivity contribution < 1.29 is 45.4 Å². The van der Waals surface area contributed by atoms with E-state index < -0.39 is 57.2 Å². The van der Waals surface area contributed by atoms with Gasteiger partial charge in [0.1, 0.15) is 28.7 Å². The van der Waals surface area contributed by atoms with E-state index in [2.05, 4.69) is 10.3 Å². The molecule has 1 aliphatic heterocycles. The third-order valence-corrected chi connectivity index (χ3v) is 7.79. The normalized spacial score (nSPS) is 15.8. The van der Waals surface area contributed by atoms with Gasteiger partial charge in [-0.2, -0.15) is 13.2 Å². The van der Waals surface area contributed by atoms with Crippen LogP contribution in [-0.4, -0.2) is 55.9 Å². The van der Waals surface area contributed by atoms with Gasteiger partial charge < -0.3 is 24.2 Å². The van der Waals surface area contributed by atoms with E-state index in [1.807, 2.05) is 0 Å². The van der Waals surface area contributed by atoms with Crippen LogP contribution >= 0.6 is 11.6 Å². The number of nitrogens with zero attached hydrogens (tertiary/aromatic N) is 3. The Kier molecular flexibility index (Phi) is 10.5. The molecule has 0 aliphatic carbocycles. The van der Waals surface area contributed by atoms with Gasteiger partial charge in [-0.1, -0.05) is 11.6 Å². The smallest absolute Gasteiger partial charge is 0.417 e. The minimum atomic E-state index is -4.87. The number of rotatable bonds is 8. The molecule has 1 saturated heterocycles. The second-order valence-electron chi connectivity index (χ2n) is 11.6. The molecule has 2 heterocycles. The van der Waals surface area contributed by atoms with E-state index >= 15 is 0 Å². The Bertz CT molecular complexity index is 1650. The summed E-state index contributed by atoms with van der Waals surface area (Å²) in [5.74, 6) is -2.31. The highest BCUT2D eigenvalue weighted by atomic mass is 35.5. The van der Waals surface area contributed by atoms with E-state index in [0.29, 0.717) is 19.0 Å². The minimum absolute atomic E-state index is 0.00260. The Morgan fingerprint density at radius 3 is 2.50 bits per heavy atom. The lowest BCUT2D eigenvalue weighted by Crippen LogP contribution is -2.37. The molecule has 16 heteroatoms. The molecule has 1 aromatic heterocycles. The molecular weight excluding hydrogens is 656 g/mol. The van der Waals surface area contributed by atoms with Gasteiger partial charge in [0.15, 0.2) is 0 Å². The van der Waals surface area contributed by atoms with Crippen LogP contribution in [0.25, 0.3) is 0 Å². The highest BCUT2D eigenvalue weighted by Gasteiger charge is 2.36. The van der Waals surface area contributed by atoms with Crippen LogP contribution in [0, 0.1) is 18.7 Å². The molecule has 2 atom stereocenters. The minimum Gasteiger partial charge on any atom is -0.755 e. The summed E-state index contributed by atoms with van der Waals surface area (Å²) in [5, 5.41) is 1.75. The van der Waals surface area contributed by atoms with Crippen molar-refractivity contribution in [2.45, 2.75) is 45.9 Å². The first-order valence-electron chi connectivity index (χ1n) is 13.9. The standard InChI is InChI=1S/C30H31ClF4N4O6S/c1-17-11-19(32)5-6-24(17)44-25-14-22(30(33,34)35)23(31)13-21(25)27(40)37-20-7-9-36-26(12-20)39(46(42)43)16-18-8-10-38(15-18)28(41)45-29(2,3)4/h5-7,9,11-14,18H,8,10,15-16H2,1-4H3,(H,42,43)(H,36,37,40)/p-1/t18-/m0/s1. The number of aromatic nitrogens is 1. The number of benzene rings is 2. The number of halogens is 5. The van der Waals surface area contributed by atoms with E-state index in [1.165, 1.54) is 36.2 Å². The van der Waals surface area contributed by atoms with Crippen molar-refractivity contribution in [2.75, 3.05) is 29.3 Å². The van der Waals surface area contributed by atoms with Crippen molar-refractivity contribution in [2.24, 2.45) is 5.92 Å². The van der Waals surface area contributed by atoms with Gasteiger partial charge in [-0.3, -0.25) is 13.3 Å². The molecule has 248 valence electrons. The number of aryl methyl sites for hydroxylation is 1. The topological polar surface area (TPSA) is 124 Å². The van der Waals surface area contributed by atoms with Crippen LogP contribution < -0.4 is 14.4 Å². The Labute approximate surface area is 270 Å². The second-order valence-corrected chi connectivity index (χ2v) is 12.8. The Morgan fingerprint density at radius 1 is 1.15 bits per heavy atom. The molecule has 0 spiro atoms. The van der Waals surface area contributed by atoms with Crippen molar-refractivity contribution in [3.05, 3.63) is 76.2 Å². The number of hydrogen-bond donors (Lipinski definition) is 1. The van der Waals surface area contributed by atoms with Gasteiger partial charge in [0.2, 0.25) is 0 Å². The van der Waals surface area contributed by atoms with E-state index in [0.717, 1.165) is 22.5 Å². The van der Waals surface area contributed by atoms with E-state index in [1.54, 1.807) is 20.8 Å². The lowest BCUT2D eigenvalue weighted by molar-refractivity contribution is -0.137. The van der Waals surface area contributed by atoms with Crippen LogP contribution in [0.3, 0.4) is 0 Å². The highest BCUT2D eigenvalue weighted by molar-refractivity contribution is 7.80. The predicted octanol–water partition coefficient (Wildman–Crippen LogP) is 7.10. The van der Waals surface area contributed by atoms with Crippen molar-refractivity contribution in [3.63, 3.8) is 0 Å². The van der Waals surface area contributed by atoms with Crippen molar-refractivity contribution in [3.8, 4) is 11.5 Å². The Morgan fingerprint density at radius 2 is 1.87 bits per heavy atom. The van der Waals surface area contributed by atoms with Crippen LogP contribution in [0.1, 0.15) is 48.7 Å². The molecular formula is C30H30ClF4N4O6S-. The summed E-state index contributed by atoms with van der Waals surface area (Å²) in [6.07, 6.45) is -3.63. The number of carbonyl (C=O) groups excluding carboxylic acids is 2. The molecule has 0 saturated carbocycles. The average molecular weight is 686 g/mol. The molecule has 1 aliphatic rings. The summed E-state index contributed by atoms with van der Waals surface area (Å²) in [4.78, 5) is 31.4. The first kappa shape index (κ1) is 34.9. The van der Waals surface area contributed by atoms with Gasteiger partial charge >= 0.3 is 12.3 Å². The molecule has 0 radical (unpaired) electrons. The molecule has 10 nitrogen and oxygen atoms in total. The predicted molar refractivity (Wildman–Crippen MR) is 162 cm³/mol. The third-order valence-electron chi connectivity index (χ3n) is 6.78. The number of likely N-dealkylation sites (tertiary alicyclic amines) is 1. The fourth-order valence-electron chi connectivity index (χ4n) is 4.65. The maximum Gasteiger partial charge on any atom is 0.417 e. The number of amides is 2. The van der Waals surface area contributed by atoms with Gasteiger partial charge in [-0.05, 0) is 82.0 Å². The number of pyridine rings is 1. The number of hydrogen-bond acceptors (Lipinski definition) is 7. The largest absolute Gasteiger partial charge is 0.755 e. The van der Waals surface area contributed by atoms with Crippen LogP contribution in [0.5, 0.6) is 11.5 Å². The van der Waals surface area contributed by atoms with E-state index in [4.69, 9.17) is 21.1 Å². The lowest BCUT2D eigenvalue weighted by atomic mass is 10.1. The zero-order chi connectivity index (χ0) is 34.0. The molecule has 2 amide bonds. The zero-order valence-electron chi connectivity index (χ0n) is 25.1. The lowest BCUT2D eigenvalue weighted by Gasteiger charge is -2.28. The fourth-order valence-corrected chi connectivity index (χ4v) is 5.50. The summed E-state index contributed by atoms with van der Waals surface area (Å²) < 4.78 is 91.0. The summed E-state index contributed by atoms with van der Waals surface area (Å²) in [5.41, 5.74) is -2.00. The molecule has 1 unspecified atom stereocenters. The number of nitrogens with one attached hydrogen (secondary N) is 1. The van der Waals surface area contributed by atoms with Gasteiger partial charge in [-0.15, -0.1) is 0 Å². The third kappa shape index (κ3) is 8.85. The van der Waals surface area contributed by atoms with Crippen molar-refractivity contribution in [1.82, 2.24) is 9.88 Å². The van der Waals surface area contributed by atoms with Crippen molar-refractivity contribution in [1.29, 1.82) is 0 Å². The van der Waals surface area contributed by atoms with Crippen LogP contribution in [0.2, 0.25) is 5.02 Å². The number of ether oxygens (including phenoxy) is 2. The summed E-state index contributed by atoms with van der Waals surface area (Å²) >= 11 is 3.12. The van der Waals surface area contributed by atoms with Crippen LogP contribution in [-0.2, 0) is 22.2 Å². The van der Waals surface area contributed by atoms with Gasteiger partial charge in [0, 0.05) is 48.9 Å². The zero-order valence-corrected chi connectivity index (χ0v) is 26.7.